The van der Waals surface area contributed by atoms with Crippen molar-refractivity contribution in [3.63, 3.8) is 0 Å². The molecule has 3 rings (SSSR count). The van der Waals surface area contributed by atoms with Crippen LogP contribution in [0.4, 0.5) is 36.4 Å². The maximum atomic E-state index is 14.6. The van der Waals surface area contributed by atoms with Crippen molar-refractivity contribution >= 4 is 49.6 Å². The van der Waals surface area contributed by atoms with Gasteiger partial charge in [-0.3, -0.25) is 0 Å². The molecule has 0 saturated heterocycles. The van der Waals surface area contributed by atoms with Gasteiger partial charge < -0.3 is 5.32 Å². The average molecular weight is 552 g/mol. The molecule has 3 aromatic rings. The van der Waals surface area contributed by atoms with Gasteiger partial charge in [-0.05, 0) is 59.5 Å². The third kappa shape index (κ3) is 4.73. The van der Waals surface area contributed by atoms with Crippen molar-refractivity contribution < 1.29 is 30.7 Å². The first-order chi connectivity index (χ1) is 15.2. The van der Waals surface area contributed by atoms with Gasteiger partial charge in [0, 0.05) is 21.3 Å². The van der Waals surface area contributed by atoms with Crippen LogP contribution < -0.4 is 5.32 Å². The van der Waals surface area contributed by atoms with Gasteiger partial charge in [0.05, 0.1) is 0 Å². The van der Waals surface area contributed by atoms with E-state index in [-0.39, 0.29) is 28.2 Å². The molecule has 0 saturated carbocycles. The van der Waals surface area contributed by atoms with Gasteiger partial charge in [-0.15, -0.1) is 0 Å². The predicted octanol–water partition coefficient (Wildman–Crippen LogP) is 8.55. The lowest BCUT2D eigenvalue weighted by atomic mass is 9.89. The monoisotopic (exact) mass is 551 g/mol. The second kappa shape index (κ2) is 8.87. The first-order valence-electron chi connectivity index (χ1n) is 9.66. The van der Waals surface area contributed by atoms with Crippen LogP contribution in [0.25, 0.3) is 10.8 Å². The summed E-state index contributed by atoms with van der Waals surface area (Å²) in [5.41, 5.74) is -6.06. The van der Waals surface area contributed by atoms with Crippen LogP contribution in [-0.4, -0.2) is 17.3 Å². The zero-order valence-electron chi connectivity index (χ0n) is 17.3. The predicted molar refractivity (Wildman–Crippen MR) is 122 cm³/mol. The lowest BCUT2D eigenvalue weighted by Gasteiger charge is -2.31. The molecule has 0 spiro atoms. The molecule has 0 aromatic heterocycles. The molecule has 33 heavy (non-hydrogen) atoms. The molecule has 0 aliphatic heterocycles. The highest BCUT2D eigenvalue weighted by atomic mass is 79.9. The fraction of sp³-hybridized carbons (Fsp3) is 0.261. The zero-order chi connectivity index (χ0) is 24.8. The molecule has 0 aliphatic carbocycles. The van der Waals surface area contributed by atoms with E-state index in [1.165, 1.54) is 6.92 Å². The largest absolute Gasteiger partial charge is 0.435 e. The van der Waals surface area contributed by atoms with Crippen LogP contribution in [0.2, 0.25) is 0 Å². The van der Waals surface area contributed by atoms with E-state index in [9.17, 15) is 30.7 Å². The topological polar surface area (TPSA) is 12.0 Å². The van der Waals surface area contributed by atoms with Crippen LogP contribution in [0.3, 0.4) is 0 Å². The van der Waals surface area contributed by atoms with Crippen LogP contribution in [0, 0.1) is 6.92 Å². The molecule has 176 valence electrons. The summed E-state index contributed by atoms with van der Waals surface area (Å²) in [4.78, 5) is 0.225. The van der Waals surface area contributed by atoms with Crippen molar-refractivity contribution in [2.75, 3.05) is 5.32 Å². The number of nitrogens with one attached hydrogen (secondary N) is 1. The fourth-order valence-electron chi connectivity index (χ4n) is 3.55. The minimum absolute atomic E-state index is 0.00643. The van der Waals surface area contributed by atoms with Crippen LogP contribution in [-0.2, 0) is 12.1 Å². The lowest BCUT2D eigenvalue weighted by molar-refractivity contribution is -0.348. The Morgan fingerprint density at radius 1 is 0.879 bits per heavy atom. The molecule has 10 heteroatoms. The highest BCUT2D eigenvalue weighted by Gasteiger charge is 2.73. The summed E-state index contributed by atoms with van der Waals surface area (Å²) in [7, 11) is 0. The third-order valence-corrected chi connectivity index (χ3v) is 6.11. The van der Waals surface area contributed by atoms with E-state index in [1.807, 2.05) is 30.3 Å². The summed E-state index contributed by atoms with van der Waals surface area (Å²) in [6.45, 7) is 2.85. The molecule has 0 bridgehead atoms. The third-order valence-electron chi connectivity index (χ3n) is 5.28. The number of hydrogen-bond acceptors (Lipinski definition) is 1. The van der Waals surface area contributed by atoms with Gasteiger partial charge in [-0.25, -0.2) is 4.39 Å². The molecule has 0 heterocycles. The summed E-state index contributed by atoms with van der Waals surface area (Å²) in [6.07, 6.45) is -12.3. The van der Waals surface area contributed by atoms with Crippen molar-refractivity contribution in [2.45, 2.75) is 38.3 Å². The molecule has 0 aliphatic rings. The van der Waals surface area contributed by atoms with Gasteiger partial charge >= 0.3 is 18.0 Å². The second-order valence-corrected chi connectivity index (χ2v) is 8.82. The normalized spacial score (nSPS) is 12.8. The number of thiocarbonyl (C=S) groups is 1. The maximum absolute atomic E-state index is 14.6. The zero-order valence-corrected chi connectivity index (χ0v) is 19.7. The number of benzene rings is 3. The van der Waals surface area contributed by atoms with E-state index < -0.39 is 23.6 Å². The standard InChI is InChI=1S/C23H17BrF7NS/c1-3-13-10-17(21(25,22(26,27)28)23(29,30)31)8-12(2)19(13)32-20(33)16-5-4-15-11-18(24)7-6-14(15)9-16/h4-11H,3H2,1-2H3,(H,32,33). The summed E-state index contributed by atoms with van der Waals surface area (Å²) >= 11 is 8.82. The molecule has 0 amide bonds. The van der Waals surface area contributed by atoms with Gasteiger partial charge in [0.1, 0.15) is 4.99 Å². The number of halogens is 8. The molecule has 3 aromatic carbocycles. The van der Waals surface area contributed by atoms with Crippen molar-refractivity contribution in [2.24, 2.45) is 0 Å². The Bertz CT molecular complexity index is 1200. The maximum Gasteiger partial charge on any atom is 0.435 e. The number of alkyl halides is 7. The molecule has 0 fully saturated rings. The van der Waals surface area contributed by atoms with E-state index in [4.69, 9.17) is 12.2 Å². The first kappa shape index (κ1) is 25.4. The number of anilines is 1. The van der Waals surface area contributed by atoms with Crippen LogP contribution >= 0.6 is 28.1 Å². The first-order valence-corrected chi connectivity index (χ1v) is 10.9. The van der Waals surface area contributed by atoms with Gasteiger partial charge in [-0.2, -0.15) is 26.3 Å². The number of hydrogen-bond donors (Lipinski definition) is 1. The Balaban J connectivity index is 2.03. The summed E-state index contributed by atoms with van der Waals surface area (Å²) in [5, 5.41) is 4.75. The lowest BCUT2D eigenvalue weighted by Crippen LogP contribution is -2.50. The van der Waals surface area contributed by atoms with E-state index in [2.05, 4.69) is 21.2 Å². The summed E-state index contributed by atoms with van der Waals surface area (Å²) < 4.78 is 94.7. The molecule has 0 unspecified atom stereocenters. The van der Waals surface area contributed by atoms with E-state index in [0.717, 1.165) is 15.2 Å². The Labute approximate surface area is 199 Å². The van der Waals surface area contributed by atoms with E-state index in [1.54, 1.807) is 13.0 Å². The molecular formula is C23H17BrF7NS. The van der Waals surface area contributed by atoms with E-state index in [0.29, 0.717) is 17.7 Å². The van der Waals surface area contributed by atoms with Gasteiger partial charge in [0.25, 0.3) is 0 Å². The minimum atomic E-state index is -6.17. The van der Waals surface area contributed by atoms with E-state index >= 15 is 0 Å². The SMILES string of the molecule is CCc1cc(C(F)(C(F)(F)F)C(F)(F)F)cc(C)c1NC(=S)c1ccc2cc(Br)ccc2c1. The minimum Gasteiger partial charge on any atom is -0.346 e. The van der Waals surface area contributed by atoms with Crippen LogP contribution in [0.5, 0.6) is 0 Å². The van der Waals surface area contributed by atoms with Crippen molar-refractivity contribution in [1.82, 2.24) is 0 Å². The summed E-state index contributed by atoms with van der Waals surface area (Å²) in [5.74, 6) is 0. The Morgan fingerprint density at radius 3 is 2.03 bits per heavy atom. The fourth-order valence-corrected chi connectivity index (χ4v) is 4.16. The molecule has 1 nitrogen and oxygen atoms in total. The molecule has 0 atom stereocenters. The van der Waals surface area contributed by atoms with Crippen molar-refractivity contribution in [3.8, 4) is 0 Å². The van der Waals surface area contributed by atoms with Gasteiger partial charge in [-0.1, -0.05) is 59.3 Å². The van der Waals surface area contributed by atoms with Gasteiger partial charge in [0.15, 0.2) is 0 Å². The molecular weight excluding hydrogens is 535 g/mol. The highest BCUT2D eigenvalue weighted by Crippen LogP contribution is 2.53. The molecule has 0 radical (unpaired) electrons. The highest BCUT2D eigenvalue weighted by molar-refractivity contribution is 9.10. The number of rotatable bonds is 4. The number of aryl methyl sites for hydroxylation is 2. The van der Waals surface area contributed by atoms with Gasteiger partial charge in [0.2, 0.25) is 0 Å². The Hall–Kier alpha value is -2.20. The van der Waals surface area contributed by atoms with Crippen LogP contribution in [0.1, 0.15) is 29.2 Å². The Kier molecular flexibility index (Phi) is 6.83. The summed E-state index contributed by atoms with van der Waals surface area (Å²) in [6, 6.07) is 12.2. The second-order valence-electron chi connectivity index (χ2n) is 7.50. The number of fused-ring (bicyclic) bond motifs is 1. The smallest absolute Gasteiger partial charge is 0.346 e. The average Bonchev–Trinajstić information content (AvgIpc) is 2.72. The Morgan fingerprint density at radius 2 is 1.45 bits per heavy atom. The van der Waals surface area contributed by atoms with Crippen molar-refractivity contribution in [1.29, 1.82) is 0 Å². The quantitative estimate of drug-likeness (QED) is 0.257. The van der Waals surface area contributed by atoms with Crippen molar-refractivity contribution in [3.05, 3.63) is 75.3 Å². The molecule has 1 N–H and O–H groups in total. The van der Waals surface area contributed by atoms with Crippen LogP contribution in [0.15, 0.2) is 53.0 Å².